The third kappa shape index (κ3) is 5.14. The molecule has 0 atom stereocenters. The maximum absolute atomic E-state index is 12.8. The number of alkyl halides is 3. The van der Waals surface area contributed by atoms with Gasteiger partial charge in [0.05, 0.1) is 6.54 Å². The van der Waals surface area contributed by atoms with Gasteiger partial charge in [-0.1, -0.05) is 0 Å². The molecule has 2 N–H and O–H groups in total. The van der Waals surface area contributed by atoms with Gasteiger partial charge < -0.3 is 10.6 Å². The van der Waals surface area contributed by atoms with E-state index in [-0.39, 0.29) is 29.5 Å². The lowest BCUT2D eigenvalue weighted by Crippen LogP contribution is -2.61. The molecule has 1 aromatic rings. The predicted molar refractivity (Wildman–Crippen MR) is 82.9 cm³/mol. The van der Waals surface area contributed by atoms with E-state index in [4.69, 9.17) is 0 Å². The van der Waals surface area contributed by atoms with Crippen molar-refractivity contribution in [1.82, 2.24) is 20.6 Å². The molecule has 1 aromatic heterocycles. The van der Waals surface area contributed by atoms with Gasteiger partial charge in [0, 0.05) is 22.8 Å². The van der Waals surface area contributed by atoms with E-state index in [0.29, 0.717) is 5.69 Å². The van der Waals surface area contributed by atoms with Crippen molar-refractivity contribution in [1.29, 1.82) is 0 Å². The van der Waals surface area contributed by atoms with Crippen molar-refractivity contribution in [2.75, 3.05) is 0 Å². The molecule has 2 heterocycles. The molecule has 0 aliphatic carbocycles. The second kappa shape index (κ2) is 6.02. The van der Waals surface area contributed by atoms with Crippen LogP contribution >= 0.6 is 0 Å². The number of nitrogens with zero attached hydrogens (tertiary/aromatic N) is 2. The first-order valence-electron chi connectivity index (χ1n) is 7.81. The van der Waals surface area contributed by atoms with Gasteiger partial charge in [-0.15, -0.1) is 0 Å². The van der Waals surface area contributed by atoms with Crippen LogP contribution in [0.25, 0.3) is 0 Å². The third-order valence-corrected chi connectivity index (χ3v) is 3.93. The van der Waals surface area contributed by atoms with E-state index < -0.39 is 11.9 Å². The lowest BCUT2D eigenvalue weighted by Gasteiger charge is -2.46. The molecule has 0 amide bonds. The monoisotopic (exact) mass is 330 g/mol. The Labute approximate surface area is 135 Å². The average Bonchev–Trinajstić information content (AvgIpc) is 2.31. The van der Waals surface area contributed by atoms with Crippen LogP contribution in [-0.4, -0.2) is 27.1 Å². The Bertz CT molecular complexity index is 551. The molecule has 0 saturated carbocycles. The van der Waals surface area contributed by atoms with Crippen molar-refractivity contribution in [3.63, 3.8) is 0 Å². The summed E-state index contributed by atoms with van der Waals surface area (Å²) in [6.45, 7) is 10.3. The predicted octanol–water partition coefficient (Wildman–Crippen LogP) is 3.20. The van der Waals surface area contributed by atoms with Crippen molar-refractivity contribution in [2.45, 2.75) is 77.3 Å². The molecule has 130 valence electrons. The van der Waals surface area contributed by atoms with Crippen molar-refractivity contribution >= 4 is 0 Å². The molecule has 0 unspecified atom stereocenters. The Kier molecular flexibility index (Phi) is 4.74. The SMILES string of the molecule is Cc1cc(C(F)(F)F)nc(CNC2CC(C)(C)NC(C)(C)C2)n1. The maximum atomic E-state index is 12.8. The molecule has 0 aromatic carbocycles. The summed E-state index contributed by atoms with van der Waals surface area (Å²) in [5, 5.41) is 6.90. The number of piperidine rings is 1. The van der Waals surface area contributed by atoms with Crippen LogP contribution < -0.4 is 10.6 Å². The molecule has 1 aliphatic rings. The number of rotatable bonds is 3. The number of hydrogen-bond donors (Lipinski definition) is 2. The number of nitrogens with one attached hydrogen (secondary N) is 2. The van der Waals surface area contributed by atoms with Crippen LogP contribution in [0.2, 0.25) is 0 Å². The minimum Gasteiger partial charge on any atom is -0.307 e. The van der Waals surface area contributed by atoms with Crippen molar-refractivity contribution in [3.8, 4) is 0 Å². The van der Waals surface area contributed by atoms with Crippen molar-refractivity contribution < 1.29 is 13.2 Å². The van der Waals surface area contributed by atoms with Gasteiger partial charge >= 0.3 is 6.18 Å². The zero-order chi connectivity index (χ0) is 17.5. The van der Waals surface area contributed by atoms with Gasteiger partial charge in [-0.3, -0.25) is 0 Å². The lowest BCUT2D eigenvalue weighted by molar-refractivity contribution is -0.141. The molecule has 1 saturated heterocycles. The Morgan fingerprint density at radius 2 is 1.74 bits per heavy atom. The second-order valence-electron chi connectivity index (χ2n) is 7.69. The Morgan fingerprint density at radius 1 is 1.17 bits per heavy atom. The van der Waals surface area contributed by atoms with E-state index in [0.717, 1.165) is 18.9 Å². The second-order valence-corrected chi connectivity index (χ2v) is 7.69. The van der Waals surface area contributed by atoms with Gasteiger partial charge in [0.15, 0.2) is 0 Å². The van der Waals surface area contributed by atoms with Crippen molar-refractivity contribution in [2.24, 2.45) is 0 Å². The average molecular weight is 330 g/mol. The molecule has 7 heteroatoms. The number of aryl methyl sites for hydroxylation is 1. The van der Waals surface area contributed by atoms with E-state index in [1.807, 2.05) is 0 Å². The fourth-order valence-electron chi connectivity index (χ4n) is 3.56. The first-order valence-corrected chi connectivity index (χ1v) is 7.81. The molecule has 2 rings (SSSR count). The molecule has 0 spiro atoms. The van der Waals surface area contributed by atoms with Gasteiger partial charge in [-0.05, 0) is 53.5 Å². The fourth-order valence-corrected chi connectivity index (χ4v) is 3.56. The summed E-state index contributed by atoms with van der Waals surface area (Å²) >= 11 is 0. The molecule has 0 bridgehead atoms. The Hall–Kier alpha value is -1.21. The van der Waals surface area contributed by atoms with Crippen LogP contribution in [0.3, 0.4) is 0 Å². The van der Waals surface area contributed by atoms with E-state index in [1.54, 1.807) is 6.92 Å². The van der Waals surface area contributed by atoms with Gasteiger partial charge in [0.1, 0.15) is 11.5 Å². The third-order valence-electron chi connectivity index (χ3n) is 3.93. The highest BCUT2D eigenvalue weighted by molar-refractivity contribution is 5.13. The Balaban J connectivity index is 2.07. The zero-order valence-corrected chi connectivity index (χ0v) is 14.3. The van der Waals surface area contributed by atoms with Crippen LogP contribution in [0.15, 0.2) is 6.07 Å². The normalized spacial score (nSPS) is 21.4. The van der Waals surface area contributed by atoms with Crippen LogP contribution in [0.4, 0.5) is 13.2 Å². The smallest absolute Gasteiger partial charge is 0.307 e. The summed E-state index contributed by atoms with van der Waals surface area (Å²) in [6, 6.07) is 1.18. The molecular formula is C16H25F3N4. The quantitative estimate of drug-likeness (QED) is 0.893. The van der Waals surface area contributed by atoms with Gasteiger partial charge in [-0.25, -0.2) is 9.97 Å². The highest BCUT2D eigenvalue weighted by atomic mass is 19.4. The summed E-state index contributed by atoms with van der Waals surface area (Å²) in [4.78, 5) is 7.76. The van der Waals surface area contributed by atoms with Crippen LogP contribution in [0, 0.1) is 6.92 Å². The first kappa shape index (κ1) is 18.1. The van der Waals surface area contributed by atoms with E-state index in [2.05, 4.69) is 48.3 Å². The van der Waals surface area contributed by atoms with Crippen LogP contribution in [0.5, 0.6) is 0 Å². The number of hydrogen-bond acceptors (Lipinski definition) is 4. The first-order chi connectivity index (χ1) is 10.4. The fraction of sp³-hybridized carbons (Fsp3) is 0.750. The largest absolute Gasteiger partial charge is 0.433 e. The minimum absolute atomic E-state index is 0.0238. The highest BCUT2D eigenvalue weighted by Gasteiger charge is 2.37. The van der Waals surface area contributed by atoms with E-state index in [1.165, 1.54) is 0 Å². The Morgan fingerprint density at radius 3 is 2.26 bits per heavy atom. The van der Waals surface area contributed by atoms with Crippen LogP contribution in [0.1, 0.15) is 57.7 Å². The minimum atomic E-state index is -4.44. The zero-order valence-electron chi connectivity index (χ0n) is 14.3. The molecule has 23 heavy (non-hydrogen) atoms. The summed E-state index contributed by atoms with van der Waals surface area (Å²) in [5.41, 5.74) is -0.601. The molecule has 1 aliphatic heterocycles. The molecule has 0 radical (unpaired) electrons. The standard InChI is InChI=1S/C16H25F3N4/c1-10-6-12(16(17,18)19)22-13(21-10)9-20-11-7-14(2,3)23-15(4,5)8-11/h6,11,20,23H,7-9H2,1-5H3. The van der Waals surface area contributed by atoms with Gasteiger partial charge in [-0.2, -0.15) is 13.2 Å². The summed E-state index contributed by atoms with van der Waals surface area (Å²) in [7, 11) is 0. The van der Waals surface area contributed by atoms with E-state index >= 15 is 0 Å². The maximum Gasteiger partial charge on any atom is 0.433 e. The number of halogens is 3. The van der Waals surface area contributed by atoms with Crippen LogP contribution in [-0.2, 0) is 12.7 Å². The topological polar surface area (TPSA) is 49.8 Å². The van der Waals surface area contributed by atoms with Gasteiger partial charge in [0.2, 0.25) is 0 Å². The summed E-state index contributed by atoms with van der Waals surface area (Å²) in [6.07, 6.45) is -2.65. The van der Waals surface area contributed by atoms with Gasteiger partial charge in [0.25, 0.3) is 0 Å². The summed E-state index contributed by atoms with van der Waals surface area (Å²) < 4.78 is 38.5. The lowest BCUT2D eigenvalue weighted by atomic mass is 9.79. The number of aromatic nitrogens is 2. The molecule has 4 nitrogen and oxygen atoms in total. The van der Waals surface area contributed by atoms with Crippen molar-refractivity contribution in [3.05, 3.63) is 23.3 Å². The highest BCUT2D eigenvalue weighted by Crippen LogP contribution is 2.29. The molecule has 1 fully saturated rings. The molecular weight excluding hydrogens is 305 g/mol. The summed E-state index contributed by atoms with van der Waals surface area (Å²) in [5.74, 6) is 0.187. The van der Waals surface area contributed by atoms with E-state index in [9.17, 15) is 13.2 Å².